The number of nitrogens with zero attached hydrogens (tertiary/aromatic N) is 2. The lowest BCUT2D eigenvalue weighted by molar-refractivity contribution is 0.332. The zero-order valence-electron chi connectivity index (χ0n) is 10.4. The molecule has 0 aliphatic carbocycles. The van der Waals surface area contributed by atoms with E-state index in [-0.39, 0.29) is 5.56 Å². The molecule has 94 valence electrons. The van der Waals surface area contributed by atoms with E-state index in [1.807, 2.05) is 7.05 Å². The van der Waals surface area contributed by atoms with Crippen LogP contribution in [0.4, 0.5) is 5.82 Å². The predicted molar refractivity (Wildman–Crippen MR) is 68.3 cm³/mol. The summed E-state index contributed by atoms with van der Waals surface area (Å²) in [6, 6.07) is 2.08. The number of aromatic amines is 1. The first-order chi connectivity index (χ1) is 8.20. The van der Waals surface area contributed by atoms with Gasteiger partial charge in [-0.2, -0.15) is 0 Å². The number of H-pyrrole nitrogens is 1. The molecule has 1 saturated heterocycles. The summed E-state index contributed by atoms with van der Waals surface area (Å²) in [6.07, 6.45) is 3.87. The molecule has 1 fully saturated rings. The number of nitrogens with one attached hydrogen (secondary N) is 2. The molecule has 1 aliphatic rings. The third-order valence-corrected chi connectivity index (χ3v) is 3.61. The van der Waals surface area contributed by atoms with Crippen molar-refractivity contribution in [2.24, 2.45) is 5.92 Å². The Hall–Kier alpha value is -1.36. The van der Waals surface area contributed by atoms with Crippen molar-refractivity contribution >= 4 is 5.82 Å². The lowest BCUT2D eigenvalue weighted by Crippen LogP contribution is -2.44. The van der Waals surface area contributed by atoms with Crippen molar-refractivity contribution in [2.45, 2.75) is 25.8 Å². The van der Waals surface area contributed by atoms with Gasteiger partial charge in [-0.05, 0) is 32.7 Å². The van der Waals surface area contributed by atoms with E-state index in [0.29, 0.717) is 12.0 Å². The Morgan fingerprint density at radius 3 is 3.18 bits per heavy atom. The van der Waals surface area contributed by atoms with Crippen molar-refractivity contribution in [3.05, 3.63) is 22.7 Å². The topological polar surface area (TPSA) is 61.0 Å². The second kappa shape index (κ2) is 5.31. The summed E-state index contributed by atoms with van der Waals surface area (Å²) in [5, 5.41) is 3.30. The van der Waals surface area contributed by atoms with Crippen LogP contribution in [0.15, 0.2) is 17.2 Å². The van der Waals surface area contributed by atoms with Gasteiger partial charge in [0, 0.05) is 25.2 Å². The average Bonchev–Trinajstić information content (AvgIpc) is 2.38. The lowest BCUT2D eigenvalue weighted by Gasteiger charge is -2.36. The molecule has 0 aromatic carbocycles. The van der Waals surface area contributed by atoms with Crippen LogP contribution < -0.4 is 15.8 Å². The van der Waals surface area contributed by atoms with Crippen LogP contribution in [0.2, 0.25) is 0 Å². The highest BCUT2D eigenvalue weighted by Crippen LogP contribution is 2.22. The molecule has 2 N–H and O–H groups in total. The number of rotatable bonds is 3. The summed E-state index contributed by atoms with van der Waals surface area (Å²) in [5.74, 6) is 1.41. The third kappa shape index (κ3) is 2.85. The number of hydrogen-bond donors (Lipinski definition) is 2. The maximum atomic E-state index is 11.3. The number of anilines is 1. The minimum atomic E-state index is -0.0845. The number of hydrogen-bond acceptors (Lipinski definition) is 4. The lowest BCUT2D eigenvalue weighted by atomic mass is 9.92. The predicted octanol–water partition coefficient (Wildman–Crippen LogP) is 0.594. The van der Waals surface area contributed by atoms with E-state index in [1.54, 1.807) is 6.07 Å². The van der Waals surface area contributed by atoms with Crippen LogP contribution in [0.3, 0.4) is 0 Å². The Labute approximate surface area is 101 Å². The molecule has 17 heavy (non-hydrogen) atoms. The molecule has 5 heteroatoms. The first kappa shape index (κ1) is 12.1. The molecule has 1 aliphatic heterocycles. The molecule has 0 bridgehead atoms. The normalized spacial score (nSPS) is 22.5. The molecule has 0 radical (unpaired) electrons. The highest BCUT2D eigenvalue weighted by molar-refractivity contribution is 5.37. The largest absolute Gasteiger partial charge is 0.356 e. The highest BCUT2D eigenvalue weighted by atomic mass is 16.1. The van der Waals surface area contributed by atoms with Crippen LogP contribution in [0.25, 0.3) is 0 Å². The molecule has 2 unspecified atom stereocenters. The fourth-order valence-electron chi connectivity index (χ4n) is 2.39. The molecule has 0 saturated carbocycles. The monoisotopic (exact) mass is 236 g/mol. The van der Waals surface area contributed by atoms with Crippen molar-refractivity contribution in [1.29, 1.82) is 0 Å². The summed E-state index contributed by atoms with van der Waals surface area (Å²) in [5.41, 5.74) is -0.0845. The molecule has 5 nitrogen and oxygen atoms in total. The Morgan fingerprint density at radius 2 is 2.47 bits per heavy atom. The van der Waals surface area contributed by atoms with E-state index in [9.17, 15) is 4.79 Å². The fraction of sp³-hybridized carbons (Fsp3) is 0.667. The highest BCUT2D eigenvalue weighted by Gasteiger charge is 2.24. The van der Waals surface area contributed by atoms with Gasteiger partial charge >= 0.3 is 0 Å². The van der Waals surface area contributed by atoms with Gasteiger partial charge in [-0.15, -0.1) is 0 Å². The maximum absolute atomic E-state index is 11.3. The van der Waals surface area contributed by atoms with E-state index in [1.165, 1.54) is 12.7 Å². The van der Waals surface area contributed by atoms with Gasteiger partial charge in [-0.1, -0.05) is 0 Å². The van der Waals surface area contributed by atoms with Crippen molar-refractivity contribution in [3.8, 4) is 0 Å². The summed E-state index contributed by atoms with van der Waals surface area (Å²) >= 11 is 0. The molecule has 1 aromatic heterocycles. The SMILES string of the molecule is CNC(C)C1CCCN(c2cc(=O)[nH]cn2)C1. The van der Waals surface area contributed by atoms with Crippen molar-refractivity contribution in [1.82, 2.24) is 15.3 Å². The second-order valence-corrected chi connectivity index (χ2v) is 4.69. The molecular weight excluding hydrogens is 216 g/mol. The van der Waals surface area contributed by atoms with Crippen molar-refractivity contribution in [3.63, 3.8) is 0 Å². The average molecular weight is 236 g/mol. The van der Waals surface area contributed by atoms with Gasteiger partial charge in [0.2, 0.25) is 0 Å². The van der Waals surface area contributed by atoms with Gasteiger partial charge in [0.05, 0.1) is 6.33 Å². The van der Waals surface area contributed by atoms with Crippen LogP contribution in [0.1, 0.15) is 19.8 Å². The van der Waals surface area contributed by atoms with E-state index >= 15 is 0 Å². The summed E-state index contributed by atoms with van der Waals surface area (Å²) in [7, 11) is 2.00. The molecule has 0 amide bonds. The van der Waals surface area contributed by atoms with E-state index in [2.05, 4.69) is 27.1 Å². The van der Waals surface area contributed by atoms with Crippen LogP contribution in [-0.4, -0.2) is 36.1 Å². The van der Waals surface area contributed by atoms with E-state index in [4.69, 9.17) is 0 Å². The quantitative estimate of drug-likeness (QED) is 0.806. The van der Waals surface area contributed by atoms with Crippen molar-refractivity contribution in [2.75, 3.05) is 25.0 Å². The Morgan fingerprint density at radius 1 is 1.65 bits per heavy atom. The molecule has 2 atom stereocenters. The Bertz CT molecular complexity index is 417. The van der Waals surface area contributed by atoms with Crippen LogP contribution >= 0.6 is 0 Å². The zero-order valence-corrected chi connectivity index (χ0v) is 10.4. The van der Waals surface area contributed by atoms with E-state index in [0.717, 1.165) is 25.3 Å². The van der Waals surface area contributed by atoms with Crippen molar-refractivity contribution < 1.29 is 0 Å². The first-order valence-corrected chi connectivity index (χ1v) is 6.17. The zero-order chi connectivity index (χ0) is 12.3. The van der Waals surface area contributed by atoms with Crippen LogP contribution in [0.5, 0.6) is 0 Å². The minimum Gasteiger partial charge on any atom is -0.356 e. The van der Waals surface area contributed by atoms with Gasteiger partial charge in [0.25, 0.3) is 5.56 Å². The van der Waals surface area contributed by atoms with Gasteiger partial charge in [-0.25, -0.2) is 4.98 Å². The number of piperidine rings is 1. The Balaban J connectivity index is 2.09. The molecular formula is C12H20N4O. The van der Waals surface area contributed by atoms with E-state index < -0.39 is 0 Å². The summed E-state index contributed by atoms with van der Waals surface area (Å²) in [4.78, 5) is 20.3. The molecule has 2 rings (SSSR count). The smallest absolute Gasteiger partial charge is 0.252 e. The molecule has 0 spiro atoms. The van der Waals surface area contributed by atoms with Crippen LogP contribution in [0, 0.1) is 5.92 Å². The standard InChI is InChI=1S/C12H20N4O/c1-9(13-2)10-4-3-5-16(7-10)11-6-12(17)15-8-14-11/h6,8-10,13H,3-5,7H2,1-2H3,(H,14,15,17). The number of aromatic nitrogens is 2. The first-order valence-electron chi connectivity index (χ1n) is 6.17. The van der Waals surface area contributed by atoms with Gasteiger partial charge in [0.1, 0.15) is 5.82 Å². The third-order valence-electron chi connectivity index (χ3n) is 3.61. The van der Waals surface area contributed by atoms with Gasteiger partial charge < -0.3 is 15.2 Å². The molecule has 1 aromatic rings. The van der Waals surface area contributed by atoms with Gasteiger partial charge in [-0.3, -0.25) is 4.79 Å². The Kier molecular flexibility index (Phi) is 3.78. The summed E-state index contributed by atoms with van der Waals surface area (Å²) < 4.78 is 0. The van der Waals surface area contributed by atoms with Gasteiger partial charge in [0.15, 0.2) is 0 Å². The summed E-state index contributed by atoms with van der Waals surface area (Å²) in [6.45, 7) is 4.17. The second-order valence-electron chi connectivity index (χ2n) is 4.69. The maximum Gasteiger partial charge on any atom is 0.252 e. The molecule has 2 heterocycles. The minimum absolute atomic E-state index is 0.0845. The van der Waals surface area contributed by atoms with Crippen LogP contribution in [-0.2, 0) is 0 Å². The fourth-order valence-corrected chi connectivity index (χ4v) is 2.39.